The maximum Gasteiger partial charge on any atom is 0.222 e. The predicted molar refractivity (Wildman–Crippen MR) is 115 cm³/mol. The Kier molecular flexibility index (Phi) is 7.84. The van der Waals surface area contributed by atoms with Gasteiger partial charge in [-0.2, -0.15) is 0 Å². The molecule has 1 atom stereocenters. The zero-order chi connectivity index (χ0) is 21.4. The minimum Gasteiger partial charge on any atom is -0.497 e. The van der Waals surface area contributed by atoms with Crippen molar-refractivity contribution in [3.63, 3.8) is 0 Å². The monoisotopic (exact) mass is 432 g/mol. The second-order valence-electron chi connectivity index (χ2n) is 7.22. The van der Waals surface area contributed by atoms with Crippen LogP contribution in [0.3, 0.4) is 0 Å². The van der Waals surface area contributed by atoms with Crippen LogP contribution in [-0.4, -0.2) is 52.6 Å². The van der Waals surface area contributed by atoms with Gasteiger partial charge in [0, 0.05) is 19.5 Å². The molecule has 1 heterocycles. The Bertz CT molecular complexity index is 934. The fourth-order valence-electron chi connectivity index (χ4n) is 3.40. The minimum atomic E-state index is -3.48. The van der Waals surface area contributed by atoms with Crippen molar-refractivity contribution in [1.29, 1.82) is 0 Å². The molecule has 0 saturated carbocycles. The van der Waals surface area contributed by atoms with Gasteiger partial charge in [-0.25, -0.2) is 13.1 Å². The number of morpholine rings is 1. The normalized spacial score (nSPS) is 17.0. The molecule has 2 aromatic carbocycles. The lowest BCUT2D eigenvalue weighted by Gasteiger charge is -2.33. The van der Waals surface area contributed by atoms with E-state index >= 15 is 0 Å². The average Bonchev–Trinajstić information content (AvgIpc) is 2.77. The summed E-state index contributed by atoms with van der Waals surface area (Å²) in [5.41, 5.74) is 1.71. The molecule has 1 saturated heterocycles. The number of methoxy groups -OCH3 is 1. The number of carbonyl (C=O) groups excluding carboxylic acids is 1. The molecule has 3 rings (SSSR count). The van der Waals surface area contributed by atoms with Crippen LogP contribution in [0, 0.1) is 0 Å². The molecule has 0 aromatic heterocycles. The van der Waals surface area contributed by atoms with Gasteiger partial charge in [-0.1, -0.05) is 42.5 Å². The largest absolute Gasteiger partial charge is 0.497 e. The van der Waals surface area contributed by atoms with Crippen molar-refractivity contribution >= 4 is 15.9 Å². The van der Waals surface area contributed by atoms with E-state index in [0.717, 1.165) is 5.56 Å². The van der Waals surface area contributed by atoms with Crippen LogP contribution < -0.4 is 9.46 Å². The van der Waals surface area contributed by atoms with E-state index in [0.29, 0.717) is 43.9 Å². The Hall–Kier alpha value is -2.42. The molecule has 1 fully saturated rings. The summed E-state index contributed by atoms with van der Waals surface area (Å²) in [5, 5.41) is 0. The van der Waals surface area contributed by atoms with Gasteiger partial charge in [0.25, 0.3) is 0 Å². The van der Waals surface area contributed by atoms with E-state index in [1.165, 1.54) is 0 Å². The predicted octanol–water partition coefficient (Wildman–Crippen LogP) is 2.49. The highest BCUT2D eigenvalue weighted by Crippen LogP contribution is 2.22. The molecular weight excluding hydrogens is 404 g/mol. The number of sulfonamides is 1. The van der Waals surface area contributed by atoms with Crippen molar-refractivity contribution in [2.24, 2.45) is 0 Å². The van der Waals surface area contributed by atoms with Crippen LogP contribution in [0.2, 0.25) is 0 Å². The quantitative estimate of drug-likeness (QED) is 0.616. The first-order valence-electron chi connectivity index (χ1n) is 10.0. The first kappa shape index (κ1) is 22.3. The summed E-state index contributed by atoms with van der Waals surface area (Å²) in [6, 6.07) is 16.8. The van der Waals surface area contributed by atoms with Gasteiger partial charge in [-0.15, -0.1) is 0 Å². The summed E-state index contributed by atoms with van der Waals surface area (Å²) in [6.45, 7) is 1.80. The number of hydrogen-bond donors (Lipinski definition) is 1. The lowest BCUT2D eigenvalue weighted by atomic mass is 10.1. The summed E-state index contributed by atoms with van der Waals surface area (Å²) in [6.07, 6.45) is 0.623. The van der Waals surface area contributed by atoms with E-state index in [2.05, 4.69) is 4.72 Å². The van der Waals surface area contributed by atoms with Crippen molar-refractivity contribution in [2.75, 3.05) is 33.4 Å². The summed E-state index contributed by atoms with van der Waals surface area (Å²) >= 11 is 0. The zero-order valence-corrected chi connectivity index (χ0v) is 17.9. The molecule has 30 heavy (non-hydrogen) atoms. The third-order valence-corrected chi connectivity index (χ3v) is 6.33. The van der Waals surface area contributed by atoms with E-state index < -0.39 is 10.0 Å². The highest BCUT2D eigenvalue weighted by molar-refractivity contribution is 7.88. The van der Waals surface area contributed by atoms with Crippen LogP contribution in [0.25, 0.3) is 0 Å². The van der Waals surface area contributed by atoms with Crippen LogP contribution in [0.15, 0.2) is 54.6 Å². The summed E-state index contributed by atoms with van der Waals surface area (Å²) < 4.78 is 38.1. The topological polar surface area (TPSA) is 84.9 Å². The lowest BCUT2D eigenvalue weighted by molar-refractivity contribution is -0.139. The maximum atomic E-state index is 12.5. The molecule has 0 bridgehead atoms. The van der Waals surface area contributed by atoms with E-state index in [1.54, 1.807) is 36.3 Å². The number of amides is 1. The molecule has 1 N–H and O–H groups in total. The van der Waals surface area contributed by atoms with Gasteiger partial charge < -0.3 is 14.4 Å². The molecule has 7 nitrogen and oxygen atoms in total. The third-order valence-electron chi connectivity index (χ3n) is 4.97. The van der Waals surface area contributed by atoms with Gasteiger partial charge in [0.15, 0.2) is 0 Å². The minimum absolute atomic E-state index is 0.0197. The van der Waals surface area contributed by atoms with Gasteiger partial charge in [-0.3, -0.25) is 4.79 Å². The van der Waals surface area contributed by atoms with Gasteiger partial charge in [0.2, 0.25) is 15.9 Å². The highest BCUT2D eigenvalue weighted by atomic mass is 32.2. The fraction of sp³-hybridized carbons (Fsp3) is 0.409. The maximum absolute atomic E-state index is 12.5. The SMILES string of the molecule is COc1cccc(CS(=O)(=O)NCCCC(=O)N2CCOC(c3ccccc3)C2)c1. The molecule has 0 spiro atoms. The van der Waals surface area contributed by atoms with Crippen LogP contribution in [0.1, 0.15) is 30.1 Å². The number of rotatable bonds is 9. The third kappa shape index (κ3) is 6.55. The Morgan fingerprint density at radius 1 is 1.20 bits per heavy atom. The Morgan fingerprint density at radius 2 is 2.00 bits per heavy atom. The molecule has 0 aliphatic carbocycles. The molecule has 1 aliphatic rings. The molecule has 1 aliphatic heterocycles. The average molecular weight is 433 g/mol. The number of nitrogens with one attached hydrogen (secondary N) is 1. The van der Waals surface area contributed by atoms with Gasteiger partial charge in [0.1, 0.15) is 11.9 Å². The lowest BCUT2D eigenvalue weighted by Crippen LogP contribution is -2.42. The van der Waals surface area contributed by atoms with E-state index in [4.69, 9.17) is 9.47 Å². The van der Waals surface area contributed by atoms with Crippen molar-refractivity contribution in [1.82, 2.24) is 9.62 Å². The first-order chi connectivity index (χ1) is 14.5. The molecule has 162 valence electrons. The number of nitrogens with zero attached hydrogens (tertiary/aromatic N) is 1. The van der Waals surface area contributed by atoms with E-state index in [9.17, 15) is 13.2 Å². The van der Waals surface area contributed by atoms with Gasteiger partial charge in [0.05, 0.1) is 26.0 Å². The summed E-state index contributed by atoms with van der Waals surface area (Å²) in [4.78, 5) is 14.3. The summed E-state index contributed by atoms with van der Waals surface area (Å²) in [7, 11) is -1.94. The Labute approximate surface area is 178 Å². The van der Waals surface area contributed by atoms with Gasteiger partial charge >= 0.3 is 0 Å². The Morgan fingerprint density at radius 3 is 2.77 bits per heavy atom. The zero-order valence-electron chi connectivity index (χ0n) is 17.1. The van der Waals surface area contributed by atoms with Crippen LogP contribution in [-0.2, 0) is 25.3 Å². The fourth-order valence-corrected chi connectivity index (χ4v) is 4.58. The number of benzene rings is 2. The molecule has 0 radical (unpaired) electrons. The second kappa shape index (κ2) is 10.6. The molecule has 1 unspecified atom stereocenters. The van der Waals surface area contributed by atoms with Crippen molar-refractivity contribution in [2.45, 2.75) is 24.7 Å². The van der Waals surface area contributed by atoms with Crippen molar-refractivity contribution < 1.29 is 22.7 Å². The molecule has 2 aromatic rings. The molecular formula is C22H28N2O5S. The van der Waals surface area contributed by atoms with Crippen molar-refractivity contribution in [3.05, 3.63) is 65.7 Å². The standard InChI is InChI=1S/C22H28N2O5S/c1-28-20-10-5-7-18(15-20)17-30(26,27)23-12-6-11-22(25)24-13-14-29-21(16-24)19-8-3-2-4-9-19/h2-5,7-10,15,21,23H,6,11-14,16-17H2,1H3. The number of hydrogen-bond acceptors (Lipinski definition) is 5. The second-order valence-corrected chi connectivity index (χ2v) is 9.03. The smallest absolute Gasteiger partial charge is 0.222 e. The molecule has 1 amide bonds. The Balaban J connectivity index is 1.42. The van der Waals surface area contributed by atoms with Gasteiger partial charge in [-0.05, 0) is 29.7 Å². The number of ether oxygens (including phenoxy) is 2. The van der Waals surface area contributed by atoms with Crippen LogP contribution >= 0.6 is 0 Å². The first-order valence-corrected chi connectivity index (χ1v) is 11.7. The van der Waals surface area contributed by atoms with E-state index in [1.807, 2.05) is 30.3 Å². The highest BCUT2D eigenvalue weighted by Gasteiger charge is 2.25. The molecule has 8 heteroatoms. The summed E-state index contributed by atoms with van der Waals surface area (Å²) in [5.74, 6) is 0.513. The van der Waals surface area contributed by atoms with E-state index in [-0.39, 0.29) is 24.3 Å². The van der Waals surface area contributed by atoms with Crippen LogP contribution in [0.4, 0.5) is 0 Å². The van der Waals surface area contributed by atoms with Crippen molar-refractivity contribution in [3.8, 4) is 5.75 Å². The van der Waals surface area contributed by atoms with Crippen LogP contribution in [0.5, 0.6) is 5.75 Å². The number of carbonyl (C=O) groups is 1.